The van der Waals surface area contributed by atoms with E-state index in [0.29, 0.717) is 34.5 Å². The summed E-state index contributed by atoms with van der Waals surface area (Å²) in [6, 6.07) is 18.5. The molecule has 11 rings (SSSR count). The van der Waals surface area contributed by atoms with Crippen molar-refractivity contribution in [3.8, 4) is 17.2 Å². The van der Waals surface area contributed by atoms with Crippen molar-refractivity contribution in [2.45, 2.75) is 210 Å². The van der Waals surface area contributed by atoms with Crippen LogP contribution in [0.25, 0.3) is 0 Å². The smallest absolute Gasteiger partial charge is 0.407 e. The SMILES string of the molecule is CC(=O)Nc1cc(COC(=O)NC2CC(OC3C[C@](O)(C(=O)CO)CC4=C(O)C5C(=O)c6ccccc6C(=O)C5C(O)=C43)OC(C)C2O)ccc1OC1OCC(O)C(O)C1O.CCC(=O)Nc1cc(COC(C)=O)ccc1O.CCC(=O)Nc1cc(COC(C)=O)ccc1OC1CC(O)C(O)C(O)O1.O=C=O.O=C=O.O=C=O.OC1COC(O)C(O)C1O. The number of carbonyl (C=O) groups is 9. The van der Waals surface area contributed by atoms with E-state index in [4.69, 9.17) is 91.8 Å². The lowest BCUT2D eigenvalue weighted by Crippen LogP contribution is -2.57. The summed E-state index contributed by atoms with van der Waals surface area (Å²) in [5, 5.41) is 170. The van der Waals surface area contributed by atoms with Crippen LogP contribution in [0.3, 0.4) is 0 Å². The first-order valence-electron chi connectivity index (χ1n) is 37.2. The number of phenolic OH excluding ortho intramolecular Hbond substituents is 1. The highest BCUT2D eigenvalue weighted by molar-refractivity contribution is 6.18. The maximum absolute atomic E-state index is 13.7. The van der Waals surface area contributed by atoms with Crippen molar-refractivity contribution in [1.82, 2.24) is 5.32 Å². The van der Waals surface area contributed by atoms with Crippen molar-refractivity contribution >= 4 is 88.6 Å². The van der Waals surface area contributed by atoms with E-state index >= 15 is 0 Å². The van der Waals surface area contributed by atoms with Crippen LogP contribution in [0.1, 0.15) is 117 Å². The Morgan fingerprint density at radius 3 is 1.52 bits per heavy atom. The van der Waals surface area contributed by atoms with Gasteiger partial charge >= 0.3 is 36.5 Å². The molecule has 7 aliphatic rings. The van der Waals surface area contributed by atoms with Crippen LogP contribution in [0.2, 0.25) is 0 Å². The van der Waals surface area contributed by atoms with Gasteiger partial charge in [-0.2, -0.15) is 28.8 Å². The molecule has 4 amide bonds. The molecule has 45 heteroatoms. The van der Waals surface area contributed by atoms with Gasteiger partial charge in [-0.3, -0.25) is 38.4 Å². The van der Waals surface area contributed by atoms with Gasteiger partial charge in [0.15, 0.2) is 36.2 Å². The van der Waals surface area contributed by atoms with Gasteiger partial charge in [-0.15, -0.1) is 0 Å². The molecule has 0 spiro atoms. The quantitative estimate of drug-likeness (QED) is 0.0252. The van der Waals surface area contributed by atoms with Gasteiger partial charge in [0.25, 0.3) is 0 Å². The zero-order chi connectivity index (χ0) is 92.0. The molecule has 4 aromatic rings. The lowest BCUT2D eigenvalue weighted by molar-refractivity contribution is -0.285. The number of ether oxygens (including phenoxy) is 10. The summed E-state index contributed by atoms with van der Waals surface area (Å²) in [4.78, 5) is 159. The minimum absolute atomic E-state index is 0.0154. The van der Waals surface area contributed by atoms with Crippen molar-refractivity contribution in [1.29, 1.82) is 0 Å². The standard InChI is InChI=1S/C41H46N2O18.C17H23NO8.C12H15NO4.C5H10O5.3CO2/c1-16-32(48)23(43-40(55)58-14-18-7-8-25(22(9-18)42-17(2)45)61-39-38(54)36(52)24(46)15-57-39)10-28(59-16)60-26-12-41(56,27(47)13-44)11-21-29(26)37(53)31-30(35(21)51)33(49)19-5-3-4-6-20(19)34(31)50;1-3-14(21)18-11-6-10(8-24-9(2)19)4-5-13(11)25-15-7-12(20)16(22)17(23)26-15;1-3-12(16)13-10-6-9(4-5-11(10)15)7-17-8(2)14;6-2-1-10-5(9)4(8)3(2)7;3*2-1-3/h3-9,16,23-24,26,28,30-32,36,38-39,44,46,48,51-54,56H,10-15H2,1-2H3,(H,42,45)(H,43,55);4-6,12,15-17,20,22-23H,3,7-8H2,1-2H3,(H,18,21);4-6,15H,3,7H2,1-2H3,(H,13,16);2-9H,1H2;;;/t16?,23?,24?,26?,28?,30?,31?,32?,36?,38?,39?,41-;;;;;;/m0....../s1. The minimum Gasteiger partial charge on any atom is -0.511 e. The highest BCUT2D eigenvalue weighted by Crippen LogP contribution is 2.51. The number of hydrogen-bond donors (Lipinski definition) is 20. The van der Waals surface area contributed by atoms with Crippen molar-refractivity contribution in [2.24, 2.45) is 11.8 Å². The zero-order valence-electron chi connectivity index (χ0n) is 66.3. The number of nitrogens with one attached hydrogen (secondary N) is 4. The third-order valence-electron chi connectivity index (χ3n) is 18.9. The molecular weight excluding hydrogens is 1650 g/mol. The molecular formula is C78H94N4O41. The molecule has 0 aromatic heterocycles. The number of anilines is 3. The maximum Gasteiger partial charge on any atom is 0.407 e. The Morgan fingerprint density at radius 2 is 1.02 bits per heavy atom. The van der Waals surface area contributed by atoms with Crippen LogP contribution in [-0.4, -0.2) is 283 Å². The Balaban J connectivity index is 0.000000351. The lowest BCUT2D eigenvalue weighted by Gasteiger charge is -2.46. The number of phenols is 1. The van der Waals surface area contributed by atoms with Crippen LogP contribution < -0.4 is 30.7 Å². The fourth-order valence-corrected chi connectivity index (χ4v) is 12.7. The average molecular weight is 1740 g/mol. The molecule has 4 aliphatic heterocycles. The first kappa shape index (κ1) is 102. The number of carbonyl (C=O) groups excluding carboxylic acids is 15. The van der Waals surface area contributed by atoms with Crippen molar-refractivity contribution in [2.75, 3.05) is 35.8 Å². The predicted octanol–water partition coefficient (Wildman–Crippen LogP) is -2.29. The Hall–Kier alpha value is -11.6. The van der Waals surface area contributed by atoms with Crippen LogP contribution in [-0.2, 0) is 115 Å². The number of fused-ring (bicyclic) bond motifs is 3. The minimum atomic E-state index is -2.36. The molecule has 20 N–H and O–H groups in total. The zero-order valence-corrected chi connectivity index (χ0v) is 66.3. The van der Waals surface area contributed by atoms with Gasteiger partial charge in [0, 0.05) is 81.6 Å². The van der Waals surface area contributed by atoms with Gasteiger partial charge < -0.3 is 150 Å². The largest absolute Gasteiger partial charge is 0.511 e. The molecule has 0 radical (unpaired) electrons. The van der Waals surface area contributed by atoms with Gasteiger partial charge in [0.1, 0.15) is 110 Å². The van der Waals surface area contributed by atoms with E-state index in [9.17, 15) is 104 Å². The first-order valence-corrected chi connectivity index (χ1v) is 37.2. The number of esters is 2. The Labute approximate surface area is 696 Å². The highest BCUT2D eigenvalue weighted by atomic mass is 16.7. The summed E-state index contributed by atoms with van der Waals surface area (Å²) in [5.41, 5.74) is -0.238. The number of hydrogen-bond acceptors (Lipinski definition) is 41. The molecule has 3 aliphatic carbocycles. The van der Waals surface area contributed by atoms with E-state index in [2.05, 4.69) is 26.0 Å². The molecule has 672 valence electrons. The maximum atomic E-state index is 13.7. The molecule has 45 nitrogen and oxygen atoms in total. The number of allylic oxidation sites excluding steroid dienone is 2. The number of aromatic hydroxyl groups is 1. The second-order valence-corrected chi connectivity index (χ2v) is 27.7. The Morgan fingerprint density at radius 1 is 0.537 bits per heavy atom. The second-order valence-electron chi connectivity index (χ2n) is 27.7. The Kier molecular flexibility index (Phi) is 40.0. The van der Waals surface area contributed by atoms with E-state index in [0.717, 1.165) is 0 Å². The van der Waals surface area contributed by atoms with Gasteiger partial charge in [-0.25, -0.2) is 4.79 Å². The molecule has 5 fully saturated rings. The number of rotatable bonds is 20. The molecule has 4 aromatic carbocycles. The molecule has 123 heavy (non-hydrogen) atoms. The van der Waals surface area contributed by atoms with Crippen LogP contribution in [0.15, 0.2) is 102 Å². The number of aliphatic hydroxyl groups is 15. The summed E-state index contributed by atoms with van der Waals surface area (Å²) < 4.78 is 53.4. The summed E-state index contributed by atoms with van der Waals surface area (Å²) in [7, 11) is 0. The molecule has 4 heterocycles. The molecule has 4 saturated heterocycles. The number of ketones is 3. The molecule has 0 bridgehead atoms. The van der Waals surface area contributed by atoms with Crippen LogP contribution >= 0.6 is 0 Å². The average Bonchev–Trinajstić information content (AvgIpc) is 0.711. The van der Waals surface area contributed by atoms with E-state index in [1.807, 2.05) is 0 Å². The second kappa shape index (κ2) is 48.3. The van der Waals surface area contributed by atoms with E-state index < -0.39 is 188 Å². The summed E-state index contributed by atoms with van der Waals surface area (Å²) in [6.45, 7) is 6.94. The van der Waals surface area contributed by atoms with Crippen molar-refractivity contribution in [3.63, 3.8) is 0 Å². The lowest BCUT2D eigenvalue weighted by atomic mass is 9.63. The van der Waals surface area contributed by atoms with Gasteiger partial charge in [0.05, 0.1) is 66.5 Å². The Bertz CT molecular complexity index is 4460. The van der Waals surface area contributed by atoms with Gasteiger partial charge in [-0.1, -0.05) is 56.3 Å². The fraction of sp³-hybridized carbons (Fsp3) is 0.487. The molecule has 19 unspecified atom stereocenters. The van der Waals surface area contributed by atoms with Crippen molar-refractivity contribution in [3.05, 3.63) is 129 Å². The van der Waals surface area contributed by atoms with Crippen LogP contribution in [0.5, 0.6) is 17.2 Å². The normalized spacial score (nSPS) is 27.6. The van der Waals surface area contributed by atoms with Gasteiger partial charge in [0.2, 0.25) is 30.3 Å². The van der Waals surface area contributed by atoms with E-state index in [-0.39, 0.29) is 134 Å². The number of amides is 4. The fourth-order valence-electron chi connectivity index (χ4n) is 12.7. The predicted molar refractivity (Wildman–Crippen MR) is 400 cm³/mol. The number of aliphatic hydroxyl groups excluding tert-OH is 14. The van der Waals surface area contributed by atoms with Crippen LogP contribution in [0.4, 0.5) is 21.9 Å². The van der Waals surface area contributed by atoms with Crippen LogP contribution in [0, 0.1) is 11.8 Å². The number of Topliss-reactive ketones (excluding diaryl/α,β-unsaturated/α-hetero) is 3. The number of benzene rings is 4. The third kappa shape index (κ3) is 28.5. The van der Waals surface area contributed by atoms with E-state index in [1.54, 1.807) is 50.2 Å². The molecule has 1 saturated carbocycles. The monoisotopic (exact) mass is 1740 g/mol. The molecule has 20 atom stereocenters. The summed E-state index contributed by atoms with van der Waals surface area (Å²) >= 11 is 0. The highest BCUT2D eigenvalue weighted by Gasteiger charge is 2.57. The number of alkyl carbamates (subject to hydrolysis) is 1. The van der Waals surface area contributed by atoms with Crippen molar-refractivity contribution < 1.29 is 201 Å². The van der Waals surface area contributed by atoms with Gasteiger partial charge in [-0.05, 0) is 60.0 Å². The third-order valence-corrected chi connectivity index (χ3v) is 18.9. The summed E-state index contributed by atoms with van der Waals surface area (Å²) in [6.07, 6.45) is -22.7. The summed E-state index contributed by atoms with van der Waals surface area (Å²) in [5.74, 6) is -8.22. The van der Waals surface area contributed by atoms with E-state index in [1.165, 1.54) is 70.2 Å². The first-order chi connectivity index (χ1) is 58.1. The topological polar surface area (TPSA) is 720 Å².